The maximum atomic E-state index is 12.2. The maximum absolute atomic E-state index is 12.2. The molecule has 1 aromatic heterocycles. The Morgan fingerprint density at radius 2 is 2.43 bits per heavy atom. The van der Waals surface area contributed by atoms with Crippen LogP contribution in [-0.2, 0) is 11.2 Å². The Bertz CT molecular complexity index is 481. The van der Waals surface area contributed by atoms with Gasteiger partial charge in [0.15, 0.2) is 0 Å². The molecule has 0 saturated carbocycles. The van der Waals surface area contributed by atoms with E-state index >= 15 is 0 Å². The van der Waals surface area contributed by atoms with Crippen LogP contribution in [0.5, 0.6) is 0 Å². The number of carboxylic acids is 1. The van der Waals surface area contributed by atoms with Crippen LogP contribution in [0.25, 0.3) is 0 Å². The summed E-state index contributed by atoms with van der Waals surface area (Å²) in [6.45, 7) is 2.43. The summed E-state index contributed by atoms with van der Waals surface area (Å²) in [5.41, 5.74) is 0. The Morgan fingerprint density at radius 1 is 1.62 bits per heavy atom. The van der Waals surface area contributed by atoms with Crippen LogP contribution in [0, 0.1) is 0 Å². The molecule has 1 saturated heterocycles. The molecule has 2 unspecified atom stereocenters. The molecule has 1 fully saturated rings. The first-order valence-electron chi connectivity index (χ1n) is 6.88. The first kappa shape index (κ1) is 15.6. The Morgan fingerprint density at radius 3 is 3.05 bits per heavy atom. The highest BCUT2D eigenvalue weighted by Crippen LogP contribution is 2.31. The third kappa shape index (κ3) is 3.87. The summed E-state index contributed by atoms with van der Waals surface area (Å²) < 4.78 is 0. The minimum absolute atomic E-state index is 0.0691. The van der Waals surface area contributed by atoms with Gasteiger partial charge in [0.05, 0.1) is 5.37 Å². The second kappa shape index (κ2) is 7.30. The summed E-state index contributed by atoms with van der Waals surface area (Å²) >= 11 is 1.51. The Kier molecular flexibility index (Phi) is 5.43. The number of nitrogens with zero attached hydrogens (tertiary/aromatic N) is 3. The number of H-pyrrole nitrogens is 1. The van der Waals surface area contributed by atoms with Crippen LogP contribution in [0.3, 0.4) is 0 Å². The van der Waals surface area contributed by atoms with E-state index in [0.29, 0.717) is 18.7 Å². The van der Waals surface area contributed by atoms with Crippen LogP contribution in [0.15, 0.2) is 6.33 Å². The van der Waals surface area contributed by atoms with E-state index in [-0.39, 0.29) is 11.4 Å². The van der Waals surface area contributed by atoms with E-state index in [2.05, 4.69) is 20.5 Å². The molecule has 1 aliphatic rings. The molecule has 21 heavy (non-hydrogen) atoms. The summed E-state index contributed by atoms with van der Waals surface area (Å²) in [5, 5.41) is 18.4. The average molecular weight is 313 g/mol. The zero-order chi connectivity index (χ0) is 15.2. The van der Waals surface area contributed by atoms with Crippen LogP contribution in [-0.4, -0.2) is 60.9 Å². The Balaban J connectivity index is 1.81. The topological polar surface area (TPSA) is 111 Å². The zero-order valence-corrected chi connectivity index (χ0v) is 12.6. The maximum Gasteiger partial charge on any atom is 0.327 e. The quantitative estimate of drug-likeness (QED) is 0.666. The number of aliphatic carboxylic acids is 1. The van der Waals surface area contributed by atoms with Gasteiger partial charge < -0.3 is 10.4 Å². The van der Waals surface area contributed by atoms with Crippen LogP contribution in [0.4, 0.5) is 4.79 Å². The number of aromatic amines is 1. The zero-order valence-electron chi connectivity index (χ0n) is 11.8. The number of thioether (sulfide) groups is 1. The fourth-order valence-corrected chi connectivity index (χ4v) is 3.58. The molecule has 9 heteroatoms. The van der Waals surface area contributed by atoms with Gasteiger partial charge in [0.2, 0.25) is 0 Å². The molecule has 2 rings (SSSR count). The molecule has 2 atom stereocenters. The van der Waals surface area contributed by atoms with Gasteiger partial charge in [-0.1, -0.05) is 6.92 Å². The number of hydrogen-bond acceptors (Lipinski definition) is 5. The number of rotatable bonds is 6. The minimum Gasteiger partial charge on any atom is -0.480 e. The van der Waals surface area contributed by atoms with E-state index in [1.54, 1.807) is 0 Å². The average Bonchev–Trinajstić information content (AvgIpc) is 3.11. The summed E-state index contributed by atoms with van der Waals surface area (Å²) in [7, 11) is 0. The van der Waals surface area contributed by atoms with Crippen molar-refractivity contribution in [3.63, 3.8) is 0 Å². The van der Waals surface area contributed by atoms with Crippen molar-refractivity contribution in [2.45, 2.75) is 37.6 Å². The number of aromatic nitrogens is 3. The fourth-order valence-electron chi connectivity index (χ4n) is 2.23. The third-order valence-corrected chi connectivity index (χ3v) is 4.75. The predicted molar refractivity (Wildman–Crippen MR) is 77.9 cm³/mol. The molecule has 0 spiro atoms. The van der Waals surface area contributed by atoms with Crippen molar-refractivity contribution in [1.82, 2.24) is 25.4 Å². The number of hydrogen-bond donors (Lipinski definition) is 3. The third-order valence-electron chi connectivity index (χ3n) is 3.29. The van der Waals surface area contributed by atoms with E-state index in [0.717, 1.165) is 18.7 Å². The first-order chi connectivity index (χ1) is 10.1. The van der Waals surface area contributed by atoms with Crippen molar-refractivity contribution in [2.75, 3.05) is 12.3 Å². The number of nitrogens with one attached hydrogen (secondary N) is 2. The van der Waals surface area contributed by atoms with Crippen molar-refractivity contribution in [2.24, 2.45) is 0 Å². The smallest absolute Gasteiger partial charge is 0.327 e. The van der Waals surface area contributed by atoms with Gasteiger partial charge in [0.1, 0.15) is 18.2 Å². The van der Waals surface area contributed by atoms with Crippen molar-refractivity contribution in [1.29, 1.82) is 0 Å². The number of urea groups is 1. The van der Waals surface area contributed by atoms with Crippen molar-refractivity contribution in [3.05, 3.63) is 12.2 Å². The van der Waals surface area contributed by atoms with Gasteiger partial charge in [0, 0.05) is 18.7 Å². The number of carbonyl (C=O) groups is 2. The number of carbonyl (C=O) groups excluding carboxylic acids is 1. The van der Waals surface area contributed by atoms with Crippen LogP contribution in [0.1, 0.15) is 25.6 Å². The van der Waals surface area contributed by atoms with Gasteiger partial charge >= 0.3 is 12.0 Å². The van der Waals surface area contributed by atoms with E-state index in [1.165, 1.54) is 23.0 Å². The normalized spacial score (nSPS) is 21.5. The van der Waals surface area contributed by atoms with Crippen molar-refractivity contribution < 1.29 is 14.7 Å². The molecule has 0 aromatic carbocycles. The van der Waals surface area contributed by atoms with E-state index in [1.807, 2.05) is 6.92 Å². The van der Waals surface area contributed by atoms with Gasteiger partial charge in [-0.3, -0.25) is 10.00 Å². The fraction of sp³-hybridized carbons (Fsp3) is 0.667. The van der Waals surface area contributed by atoms with Crippen molar-refractivity contribution in [3.8, 4) is 0 Å². The second-order valence-corrected chi connectivity index (χ2v) is 5.94. The molecule has 3 N–H and O–H groups in total. The SMILES string of the molecule is CCC1SCC(C(=O)O)N1C(=O)NCCCc1ncn[nH]1. The van der Waals surface area contributed by atoms with Gasteiger partial charge in [-0.15, -0.1) is 11.8 Å². The number of aryl methyl sites for hydroxylation is 1. The summed E-state index contributed by atoms with van der Waals surface area (Å²) in [6, 6.07) is -1.05. The highest BCUT2D eigenvalue weighted by atomic mass is 32.2. The largest absolute Gasteiger partial charge is 0.480 e. The van der Waals surface area contributed by atoms with Gasteiger partial charge in [-0.25, -0.2) is 14.6 Å². The summed E-state index contributed by atoms with van der Waals surface area (Å²) in [5.74, 6) is 0.269. The first-order valence-corrected chi connectivity index (χ1v) is 7.93. The van der Waals surface area contributed by atoms with E-state index < -0.39 is 12.0 Å². The monoisotopic (exact) mass is 313 g/mol. The molecule has 0 aliphatic carbocycles. The number of amides is 2. The van der Waals surface area contributed by atoms with E-state index in [4.69, 9.17) is 0 Å². The predicted octanol–water partition coefficient (Wildman–Crippen LogP) is 0.685. The lowest BCUT2D eigenvalue weighted by molar-refractivity contribution is -0.141. The molecule has 1 aliphatic heterocycles. The van der Waals surface area contributed by atoms with E-state index in [9.17, 15) is 14.7 Å². The molecule has 8 nitrogen and oxygen atoms in total. The highest BCUT2D eigenvalue weighted by molar-refractivity contribution is 8.00. The molecule has 116 valence electrons. The molecule has 2 amide bonds. The summed E-state index contributed by atoms with van der Waals surface area (Å²) in [6.07, 6.45) is 3.59. The lowest BCUT2D eigenvalue weighted by Gasteiger charge is -2.26. The lowest BCUT2D eigenvalue weighted by Crippen LogP contribution is -2.50. The Labute approximate surface area is 126 Å². The number of carboxylic acid groups (broad SMARTS) is 1. The van der Waals surface area contributed by atoms with Crippen molar-refractivity contribution >= 4 is 23.8 Å². The molecule has 1 aromatic rings. The standard InChI is InChI=1S/C12H19N5O3S/c1-2-10-17(8(6-21-10)11(18)19)12(20)13-5-3-4-9-14-7-15-16-9/h7-8,10H,2-6H2,1H3,(H,13,20)(H,18,19)(H,14,15,16). The highest BCUT2D eigenvalue weighted by Gasteiger charge is 2.40. The molecule has 2 heterocycles. The molecular formula is C12H19N5O3S. The van der Waals surface area contributed by atoms with Gasteiger partial charge in [-0.05, 0) is 12.8 Å². The van der Waals surface area contributed by atoms with Gasteiger partial charge in [-0.2, -0.15) is 5.10 Å². The Hall–Kier alpha value is -1.77. The van der Waals surface area contributed by atoms with Gasteiger partial charge in [0.25, 0.3) is 0 Å². The molecule has 0 bridgehead atoms. The van der Waals surface area contributed by atoms with Crippen LogP contribution >= 0.6 is 11.8 Å². The van der Waals surface area contributed by atoms with Crippen LogP contribution < -0.4 is 5.32 Å². The molecular weight excluding hydrogens is 294 g/mol. The second-order valence-electron chi connectivity index (χ2n) is 4.73. The van der Waals surface area contributed by atoms with Crippen LogP contribution in [0.2, 0.25) is 0 Å². The summed E-state index contributed by atoms with van der Waals surface area (Å²) in [4.78, 5) is 28.8. The minimum atomic E-state index is -0.949. The molecule has 0 radical (unpaired) electrons. The lowest BCUT2D eigenvalue weighted by atomic mass is 10.2.